The Morgan fingerprint density at radius 2 is 1.92 bits per heavy atom. The number of nitrogens with one attached hydrogen (secondary N) is 2. The van der Waals surface area contributed by atoms with Crippen molar-refractivity contribution in [1.82, 2.24) is 15.5 Å². The second kappa shape index (κ2) is 9.80. The first-order chi connectivity index (χ1) is 12.2. The van der Waals surface area contributed by atoms with Crippen molar-refractivity contribution < 1.29 is 9.59 Å². The highest BCUT2D eigenvalue weighted by molar-refractivity contribution is 5.94. The second-order valence-electron chi connectivity index (χ2n) is 6.33. The highest BCUT2D eigenvalue weighted by Gasteiger charge is 2.31. The molecule has 1 saturated heterocycles. The van der Waals surface area contributed by atoms with Crippen molar-refractivity contribution in [2.75, 3.05) is 32.7 Å². The number of nitrogens with zero attached hydrogens (tertiary/aromatic N) is 2. The summed E-state index contributed by atoms with van der Waals surface area (Å²) >= 11 is 0. The van der Waals surface area contributed by atoms with Gasteiger partial charge in [0.2, 0.25) is 5.91 Å². The fourth-order valence-corrected chi connectivity index (χ4v) is 3.30. The van der Waals surface area contributed by atoms with Crippen LogP contribution >= 0.6 is 0 Å². The van der Waals surface area contributed by atoms with Gasteiger partial charge in [-0.15, -0.1) is 0 Å². The Labute approximate surface area is 149 Å². The number of hydrogen-bond acceptors (Lipinski definition) is 4. The van der Waals surface area contributed by atoms with Gasteiger partial charge in [0.15, 0.2) is 0 Å². The Balaban J connectivity index is 1.98. The molecule has 0 saturated carbocycles. The number of hydrogen-bond donors (Lipinski definition) is 2. The first kappa shape index (κ1) is 18.9. The van der Waals surface area contributed by atoms with Gasteiger partial charge in [-0.1, -0.05) is 25.1 Å². The van der Waals surface area contributed by atoms with Gasteiger partial charge in [-0.25, -0.2) is 0 Å². The van der Waals surface area contributed by atoms with Gasteiger partial charge in [0.05, 0.1) is 12.0 Å². The smallest absolute Gasteiger partial charge is 0.251 e. The summed E-state index contributed by atoms with van der Waals surface area (Å²) in [7, 11) is 0. The maximum Gasteiger partial charge on any atom is 0.251 e. The summed E-state index contributed by atoms with van der Waals surface area (Å²) < 4.78 is 0. The number of benzene rings is 1. The lowest BCUT2D eigenvalue weighted by Gasteiger charge is -2.35. The highest BCUT2D eigenvalue weighted by atomic mass is 16.2. The fraction of sp³-hybridized carbons (Fsp3) is 0.526. The predicted molar refractivity (Wildman–Crippen MR) is 95.7 cm³/mol. The van der Waals surface area contributed by atoms with Crippen LogP contribution in [0.2, 0.25) is 0 Å². The monoisotopic (exact) mass is 342 g/mol. The Morgan fingerprint density at radius 1 is 1.24 bits per heavy atom. The van der Waals surface area contributed by atoms with Crippen LogP contribution in [0, 0.1) is 23.2 Å². The van der Waals surface area contributed by atoms with E-state index in [1.807, 2.05) is 24.3 Å². The molecule has 2 N–H and O–H groups in total. The number of amides is 2. The molecule has 1 atom stereocenters. The van der Waals surface area contributed by atoms with E-state index in [1.165, 1.54) is 0 Å². The standard InChI is InChI=1S/C19H26N4O2/c1-2-23-12-8-15(9-13-23)17(19(25)21-11-10-20)14-22-18(24)16-6-4-3-5-7-16/h3-7,15,17H,2,8-9,11-14H2,1H3,(H,21,25)(H,22,24). The van der Waals surface area contributed by atoms with Crippen LogP contribution in [-0.2, 0) is 4.79 Å². The van der Waals surface area contributed by atoms with Crippen molar-refractivity contribution in [3.8, 4) is 6.07 Å². The van der Waals surface area contributed by atoms with Gasteiger partial charge < -0.3 is 15.5 Å². The molecule has 0 aromatic heterocycles. The van der Waals surface area contributed by atoms with Crippen LogP contribution < -0.4 is 10.6 Å². The first-order valence-electron chi connectivity index (χ1n) is 8.86. The summed E-state index contributed by atoms with van der Waals surface area (Å²) in [6.45, 7) is 5.38. The van der Waals surface area contributed by atoms with Crippen molar-refractivity contribution in [2.45, 2.75) is 19.8 Å². The number of rotatable bonds is 7. The van der Waals surface area contributed by atoms with Gasteiger partial charge >= 0.3 is 0 Å². The Hall–Kier alpha value is -2.39. The molecule has 1 heterocycles. The summed E-state index contributed by atoms with van der Waals surface area (Å²) in [6, 6.07) is 10.9. The number of nitriles is 1. The third kappa shape index (κ3) is 5.57. The van der Waals surface area contributed by atoms with Gasteiger partial charge in [0, 0.05) is 12.1 Å². The first-order valence-corrected chi connectivity index (χ1v) is 8.86. The SMILES string of the molecule is CCN1CCC(C(CNC(=O)c2ccccc2)C(=O)NCC#N)CC1. The van der Waals surface area contributed by atoms with E-state index in [2.05, 4.69) is 22.5 Å². The summed E-state index contributed by atoms with van der Waals surface area (Å²) in [6.07, 6.45) is 1.86. The van der Waals surface area contributed by atoms with Crippen LogP contribution in [0.3, 0.4) is 0 Å². The fourth-order valence-electron chi connectivity index (χ4n) is 3.30. The van der Waals surface area contributed by atoms with E-state index in [0.29, 0.717) is 12.1 Å². The van der Waals surface area contributed by atoms with Gasteiger partial charge in [-0.3, -0.25) is 9.59 Å². The Kier molecular flexibility index (Phi) is 7.42. The molecule has 6 nitrogen and oxygen atoms in total. The largest absolute Gasteiger partial charge is 0.351 e. The zero-order valence-corrected chi connectivity index (χ0v) is 14.7. The highest BCUT2D eigenvalue weighted by Crippen LogP contribution is 2.25. The number of carbonyl (C=O) groups is 2. The molecule has 0 radical (unpaired) electrons. The van der Waals surface area contributed by atoms with Crippen molar-refractivity contribution >= 4 is 11.8 Å². The average molecular weight is 342 g/mol. The molecule has 6 heteroatoms. The van der Waals surface area contributed by atoms with E-state index in [-0.39, 0.29) is 30.2 Å². The molecule has 2 rings (SSSR count). The van der Waals surface area contributed by atoms with Crippen molar-refractivity contribution in [3.05, 3.63) is 35.9 Å². The van der Waals surface area contributed by atoms with Crippen LogP contribution in [0.1, 0.15) is 30.1 Å². The Morgan fingerprint density at radius 3 is 2.52 bits per heavy atom. The number of carbonyl (C=O) groups excluding carboxylic acids is 2. The molecular weight excluding hydrogens is 316 g/mol. The quantitative estimate of drug-likeness (QED) is 0.734. The third-order valence-corrected chi connectivity index (χ3v) is 4.85. The van der Waals surface area contributed by atoms with Crippen LogP contribution in [0.15, 0.2) is 30.3 Å². The predicted octanol–water partition coefficient (Wildman–Crippen LogP) is 1.40. The lowest BCUT2D eigenvalue weighted by Crippen LogP contribution is -2.46. The van der Waals surface area contributed by atoms with E-state index in [4.69, 9.17) is 5.26 Å². The van der Waals surface area contributed by atoms with Crippen LogP contribution in [0.4, 0.5) is 0 Å². The molecule has 1 aromatic carbocycles. The van der Waals surface area contributed by atoms with Gasteiger partial charge in [0.1, 0.15) is 6.54 Å². The van der Waals surface area contributed by atoms with Crippen LogP contribution in [0.5, 0.6) is 0 Å². The summed E-state index contributed by atoms with van der Waals surface area (Å²) in [5, 5.41) is 14.2. The number of likely N-dealkylation sites (tertiary alicyclic amines) is 1. The summed E-state index contributed by atoms with van der Waals surface area (Å²) in [4.78, 5) is 27.1. The number of piperidine rings is 1. The molecule has 1 aromatic rings. The molecule has 1 fully saturated rings. The van der Waals surface area contributed by atoms with E-state index in [0.717, 1.165) is 32.5 Å². The van der Waals surface area contributed by atoms with Crippen molar-refractivity contribution in [2.24, 2.45) is 11.8 Å². The minimum absolute atomic E-state index is 0.00420. The van der Waals surface area contributed by atoms with E-state index in [9.17, 15) is 9.59 Å². The lowest BCUT2D eigenvalue weighted by molar-refractivity contribution is -0.126. The molecule has 134 valence electrons. The molecule has 1 aliphatic rings. The molecule has 1 unspecified atom stereocenters. The molecule has 1 aliphatic heterocycles. The average Bonchev–Trinajstić information content (AvgIpc) is 2.67. The molecule has 2 amide bonds. The van der Waals surface area contributed by atoms with Gasteiger partial charge in [0.25, 0.3) is 5.91 Å². The molecule has 0 spiro atoms. The van der Waals surface area contributed by atoms with Crippen molar-refractivity contribution in [3.63, 3.8) is 0 Å². The van der Waals surface area contributed by atoms with Crippen LogP contribution in [-0.4, -0.2) is 49.4 Å². The third-order valence-electron chi connectivity index (χ3n) is 4.85. The van der Waals surface area contributed by atoms with Gasteiger partial charge in [-0.2, -0.15) is 5.26 Å². The Bertz CT molecular complexity index is 604. The maximum absolute atomic E-state index is 12.5. The van der Waals surface area contributed by atoms with E-state index >= 15 is 0 Å². The van der Waals surface area contributed by atoms with Crippen LogP contribution in [0.25, 0.3) is 0 Å². The minimum Gasteiger partial charge on any atom is -0.351 e. The van der Waals surface area contributed by atoms with E-state index in [1.54, 1.807) is 12.1 Å². The summed E-state index contributed by atoms with van der Waals surface area (Å²) in [5.41, 5.74) is 0.583. The summed E-state index contributed by atoms with van der Waals surface area (Å²) in [5.74, 6) is -0.410. The normalized spacial score (nSPS) is 16.6. The zero-order valence-electron chi connectivity index (χ0n) is 14.7. The van der Waals surface area contributed by atoms with Gasteiger partial charge in [-0.05, 0) is 50.5 Å². The molecule has 25 heavy (non-hydrogen) atoms. The molecule has 0 aliphatic carbocycles. The van der Waals surface area contributed by atoms with Crippen molar-refractivity contribution in [1.29, 1.82) is 5.26 Å². The van der Waals surface area contributed by atoms with E-state index < -0.39 is 0 Å². The lowest BCUT2D eigenvalue weighted by atomic mass is 9.83. The second-order valence-corrected chi connectivity index (χ2v) is 6.33. The minimum atomic E-state index is -0.306. The zero-order chi connectivity index (χ0) is 18.1. The molecular formula is C19H26N4O2. The topological polar surface area (TPSA) is 85.2 Å². The molecule has 0 bridgehead atoms. The maximum atomic E-state index is 12.5.